The molecule has 1 heterocycles. The van der Waals surface area contributed by atoms with Gasteiger partial charge in [-0.15, -0.1) is 13.2 Å². The predicted molar refractivity (Wildman–Crippen MR) is 65.2 cm³/mol. The third kappa shape index (κ3) is 4.04. The van der Waals surface area contributed by atoms with E-state index in [0.717, 1.165) is 25.9 Å². The van der Waals surface area contributed by atoms with Crippen LogP contribution in [0.25, 0.3) is 0 Å². The van der Waals surface area contributed by atoms with Crippen LogP contribution in [-0.2, 0) is 0 Å². The first-order chi connectivity index (χ1) is 8.94. The lowest BCUT2D eigenvalue weighted by atomic mass is 10.3. The summed E-state index contributed by atoms with van der Waals surface area (Å²) in [7, 11) is 0. The van der Waals surface area contributed by atoms with Crippen LogP contribution >= 0.6 is 0 Å². The molecule has 2 N–H and O–H groups in total. The van der Waals surface area contributed by atoms with Crippen LogP contribution in [-0.4, -0.2) is 30.3 Å². The van der Waals surface area contributed by atoms with Gasteiger partial charge in [0, 0.05) is 13.1 Å². The molecular formula is C12H14F3N3O. The molecule has 1 aromatic rings. The van der Waals surface area contributed by atoms with E-state index in [4.69, 9.17) is 5.73 Å². The van der Waals surface area contributed by atoms with Crippen LogP contribution in [0.4, 0.5) is 18.9 Å². The average molecular weight is 273 g/mol. The van der Waals surface area contributed by atoms with Gasteiger partial charge in [0.05, 0.1) is 5.69 Å². The first-order valence-corrected chi connectivity index (χ1v) is 5.89. The van der Waals surface area contributed by atoms with Crippen molar-refractivity contribution >= 4 is 11.6 Å². The van der Waals surface area contributed by atoms with Gasteiger partial charge in [-0.3, -0.25) is 0 Å². The number of ether oxygens (including phenoxy) is 1. The average Bonchev–Trinajstić information content (AvgIpc) is 2.83. The number of likely N-dealkylation sites (tertiary alicyclic amines) is 1. The molecule has 2 rings (SSSR count). The molecule has 1 aliphatic rings. The number of benzene rings is 1. The molecule has 0 amide bonds. The molecule has 0 aliphatic carbocycles. The fraction of sp³-hybridized carbons (Fsp3) is 0.417. The summed E-state index contributed by atoms with van der Waals surface area (Å²) in [5, 5.41) is 0. The van der Waals surface area contributed by atoms with Crippen molar-refractivity contribution in [2.24, 2.45) is 10.7 Å². The number of aliphatic imine (C=N–C) groups is 1. The van der Waals surface area contributed by atoms with Gasteiger partial charge in [-0.05, 0) is 37.1 Å². The SMILES string of the molecule is NC(=Nc1ccc(OC(F)(F)F)cc1)N1CCCC1. The Morgan fingerprint density at radius 1 is 1.16 bits per heavy atom. The molecule has 7 heteroatoms. The second-order valence-corrected chi connectivity index (χ2v) is 4.21. The summed E-state index contributed by atoms with van der Waals surface area (Å²) in [6, 6.07) is 5.29. The monoisotopic (exact) mass is 273 g/mol. The van der Waals surface area contributed by atoms with E-state index in [1.165, 1.54) is 24.3 Å². The van der Waals surface area contributed by atoms with E-state index in [9.17, 15) is 13.2 Å². The summed E-state index contributed by atoms with van der Waals surface area (Å²) in [6.45, 7) is 1.73. The molecule has 0 radical (unpaired) electrons. The van der Waals surface area contributed by atoms with E-state index in [1.807, 2.05) is 4.90 Å². The van der Waals surface area contributed by atoms with Gasteiger partial charge in [-0.1, -0.05) is 0 Å². The van der Waals surface area contributed by atoms with Crippen LogP contribution in [0.2, 0.25) is 0 Å². The van der Waals surface area contributed by atoms with Crippen LogP contribution in [0.15, 0.2) is 29.3 Å². The first-order valence-electron chi connectivity index (χ1n) is 5.89. The van der Waals surface area contributed by atoms with Crippen LogP contribution in [0, 0.1) is 0 Å². The van der Waals surface area contributed by atoms with Crippen LogP contribution in [0.1, 0.15) is 12.8 Å². The van der Waals surface area contributed by atoms with Gasteiger partial charge >= 0.3 is 6.36 Å². The number of halogens is 3. The summed E-state index contributed by atoms with van der Waals surface area (Å²) < 4.78 is 39.7. The van der Waals surface area contributed by atoms with Crippen molar-refractivity contribution in [3.8, 4) is 5.75 Å². The molecular weight excluding hydrogens is 259 g/mol. The third-order valence-corrected chi connectivity index (χ3v) is 2.74. The van der Waals surface area contributed by atoms with Crippen molar-refractivity contribution in [1.29, 1.82) is 0 Å². The topological polar surface area (TPSA) is 50.9 Å². The van der Waals surface area contributed by atoms with Gasteiger partial charge in [0.15, 0.2) is 5.96 Å². The van der Waals surface area contributed by atoms with E-state index < -0.39 is 6.36 Å². The number of nitrogens with zero attached hydrogens (tertiary/aromatic N) is 2. The van der Waals surface area contributed by atoms with Crippen molar-refractivity contribution < 1.29 is 17.9 Å². The van der Waals surface area contributed by atoms with Gasteiger partial charge in [0.1, 0.15) is 5.75 Å². The standard InChI is InChI=1S/C12H14F3N3O/c13-12(14,15)19-10-5-3-9(4-6-10)17-11(16)18-7-1-2-8-18/h3-6H,1-2,7-8H2,(H2,16,17). The summed E-state index contributed by atoms with van der Waals surface area (Å²) in [5.74, 6) is 0.119. The molecule has 1 aromatic carbocycles. The smallest absolute Gasteiger partial charge is 0.406 e. The Morgan fingerprint density at radius 3 is 2.26 bits per heavy atom. The Morgan fingerprint density at radius 2 is 1.74 bits per heavy atom. The summed E-state index contributed by atoms with van der Waals surface area (Å²) >= 11 is 0. The van der Waals surface area contributed by atoms with E-state index in [-0.39, 0.29) is 5.75 Å². The van der Waals surface area contributed by atoms with E-state index in [2.05, 4.69) is 9.73 Å². The third-order valence-electron chi connectivity index (χ3n) is 2.74. The number of hydrogen-bond acceptors (Lipinski definition) is 2. The Hall–Kier alpha value is -1.92. The molecule has 0 aromatic heterocycles. The van der Waals surface area contributed by atoms with Crippen LogP contribution in [0.3, 0.4) is 0 Å². The maximum absolute atomic E-state index is 12.0. The number of alkyl halides is 3. The zero-order valence-electron chi connectivity index (χ0n) is 10.2. The molecule has 1 saturated heterocycles. The zero-order chi connectivity index (χ0) is 13.9. The molecule has 0 spiro atoms. The van der Waals surface area contributed by atoms with Crippen molar-refractivity contribution in [2.45, 2.75) is 19.2 Å². The number of hydrogen-bond donors (Lipinski definition) is 1. The Labute approximate surface area is 108 Å². The van der Waals surface area contributed by atoms with Crippen LogP contribution < -0.4 is 10.5 Å². The summed E-state index contributed by atoms with van der Waals surface area (Å²) in [6.07, 6.45) is -2.53. The van der Waals surface area contributed by atoms with Crippen molar-refractivity contribution in [3.63, 3.8) is 0 Å². The minimum atomic E-state index is -4.68. The highest BCUT2D eigenvalue weighted by Crippen LogP contribution is 2.25. The Balaban J connectivity index is 2.03. The van der Waals surface area contributed by atoms with E-state index in [1.54, 1.807) is 0 Å². The van der Waals surface area contributed by atoms with Gasteiger partial charge in [-0.25, -0.2) is 4.99 Å². The zero-order valence-corrected chi connectivity index (χ0v) is 10.2. The van der Waals surface area contributed by atoms with Crippen molar-refractivity contribution in [2.75, 3.05) is 13.1 Å². The minimum Gasteiger partial charge on any atom is -0.406 e. The lowest BCUT2D eigenvalue weighted by Crippen LogP contribution is -2.34. The van der Waals surface area contributed by atoms with Gasteiger partial charge in [-0.2, -0.15) is 0 Å². The highest BCUT2D eigenvalue weighted by Gasteiger charge is 2.30. The second-order valence-electron chi connectivity index (χ2n) is 4.21. The van der Waals surface area contributed by atoms with E-state index >= 15 is 0 Å². The lowest BCUT2D eigenvalue weighted by molar-refractivity contribution is -0.274. The second kappa shape index (κ2) is 5.38. The molecule has 0 unspecified atom stereocenters. The number of rotatable bonds is 2. The molecule has 1 aliphatic heterocycles. The quantitative estimate of drug-likeness (QED) is 0.665. The van der Waals surface area contributed by atoms with E-state index in [0.29, 0.717) is 11.6 Å². The molecule has 4 nitrogen and oxygen atoms in total. The van der Waals surface area contributed by atoms with Crippen LogP contribution in [0.5, 0.6) is 5.75 Å². The fourth-order valence-electron chi connectivity index (χ4n) is 1.87. The highest BCUT2D eigenvalue weighted by atomic mass is 19.4. The maximum Gasteiger partial charge on any atom is 0.573 e. The highest BCUT2D eigenvalue weighted by molar-refractivity contribution is 5.81. The molecule has 104 valence electrons. The van der Waals surface area contributed by atoms with Gasteiger partial charge in [0.25, 0.3) is 0 Å². The largest absolute Gasteiger partial charge is 0.573 e. The van der Waals surface area contributed by atoms with Gasteiger partial charge < -0.3 is 15.4 Å². The summed E-state index contributed by atoms with van der Waals surface area (Å²) in [5.41, 5.74) is 6.31. The van der Waals surface area contributed by atoms with Gasteiger partial charge in [0.2, 0.25) is 0 Å². The molecule has 0 bridgehead atoms. The fourth-order valence-corrected chi connectivity index (χ4v) is 1.87. The minimum absolute atomic E-state index is 0.272. The summed E-state index contributed by atoms with van der Waals surface area (Å²) in [4.78, 5) is 6.11. The normalized spacial score (nSPS) is 16.8. The van der Waals surface area contributed by atoms with Crippen molar-refractivity contribution in [3.05, 3.63) is 24.3 Å². The maximum atomic E-state index is 12.0. The van der Waals surface area contributed by atoms with Crippen molar-refractivity contribution in [1.82, 2.24) is 4.90 Å². The number of guanidine groups is 1. The lowest BCUT2D eigenvalue weighted by Gasteiger charge is -2.15. The molecule has 0 saturated carbocycles. The Kier molecular flexibility index (Phi) is 3.82. The molecule has 0 atom stereocenters. The Bertz CT molecular complexity index is 450. The molecule has 1 fully saturated rings. The predicted octanol–water partition coefficient (Wildman–Crippen LogP) is 2.63. The molecule has 19 heavy (non-hydrogen) atoms. The number of nitrogens with two attached hydrogens (primary N) is 1. The first kappa shape index (κ1) is 13.5.